The third-order valence-corrected chi connectivity index (χ3v) is 7.44. The number of hydrogen-bond acceptors (Lipinski definition) is 5. The molecule has 1 aliphatic heterocycles. The van der Waals surface area contributed by atoms with E-state index in [9.17, 15) is 21.6 Å². The number of nitrogens with zero attached hydrogens (tertiary/aromatic N) is 3. The average Bonchev–Trinajstić information content (AvgIpc) is 3.33. The molecule has 0 aromatic carbocycles. The normalized spacial score (nSPS) is 22.9. The highest BCUT2D eigenvalue weighted by atomic mass is 32.2. The fraction of sp³-hybridized carbons (Fsp3) is 0.765. The molecule has 2 saturated carbocycles. The maximum atomic E-state index is 11.9. The molecule has 3 aliphatic rings. The number of fused-ring (bicyclic) bond motifs is 1. The van der Waals surface area contributed by atoms with Crippen molar-refractivity contribution in [2.45, 2.75) is 68.6 Å². The Hall–Kier alpha value is -1.66. The minimum Gasteiger partial charge on any atom is -0.475 e. The van der Waals surface area contributed by atoms with Crippen molar-refractivity contribution in [1.29, 1.82) is 0 Å². The maximum Gasteiger partial charge on any atom is 0.490 e. The molecule has 4 rings (SSSR count). The summed E-state index contributed by atoms with van der Waals surface area (Å²) in [5.41, 5.74) is 1.26. The summed E-state index contributed by atoms with van der Waals surface area (Å²) in [6.45, 7) is 2.49. The number of sulfonamides is 1. The average molecular weight is 438 g/mol. The first-order valence-corrected chi connectivity index (χ1v) is 11.2. The summed E-state index contributed by atoms with van der Waals surface area (Å²) in [6.07, 6.45) is 3.16. The summed E-state index contributed by atoms with van der Waals surface area (Å²) in [5.74, 6) is -2.76. The number of aliphatic carboxylic acids is 1. The summed E-state index contributed by atoms with van der Waals surface area (Å²) >= 11 is 0. The molecule has 0 bridgehead atoms. The Balaban J connectivity index is 0.000000298. The zero-order valence-corrected chi connectivity index (χ0v) is 16.6. The van der Waals surface area contributed by atoms with Gasteiger partial charge in [0.1, 0.15) is 0 Å². The number of aromatic nitrogens is 2. The van der Waals surface area contributed by atoms with E-state index in [1.165, 1.54) is 25.0 Å². The van der Waals surface area contributed by atoms with Crippen molar-refractivity contribution >= 4 is 16.0 Å². The lowest BCUT2D eigenvalue weighted by Gasteiger charge is -2.42. The molecule has 0 saturated heterocycles. The van der Waals surface area contributed by atoms with Gasteiger partial charge in [-0.05, 0) is 38.2 Å². The van der Waals surface area contributed by atoms with Crippen LogP contribution in [0.5, 0.6) is 0 Å². The van der Waals surface area contributed by atoms with E-state index >= 15 is 0 Å². The van der Waals surface area contributed by atoms with Crippen molar-refractivity contribution in [3.63, 3.8) is 0 Å². The fourth-order valence-electron chi connectivity index (χ4n) is 3.52. The minimum absolute atomic E-state index is 0.134. The van der Waals surface area contributed by atoms with Gasteiger partial charge in [0.2, 0.25) is 10.0 Å². The first-order valence-electron chi connectivity index (χ1n) is 9.63. The first kappa shape index (κ1) is 22.0. The topological polar surface area (TPSA) is 105 Å². The maximum absolute atomic E-state index is 11.9. The van der Waals surface area contributed by atoms with Gasteiger partial charge in [-0.25, -0.2) is 17.9 Å². The number of nitrogens with one attached hydrogen (secondary N) is 1. The lowest BCUT2D eigenvalue weighted by molar-refractivity contribution is -0.192. The molecule has 8 nitrogen and oxygen atoms in total. The number of carboxylic acid groups (broad SMARTS) is 1. The first-order chi connectivity index (χ1) is 13.6. The van der Waals surface area contributed by atoms with E-state index in [1.54, 1.807) is 0 Å². The van der Waals surface area contributed by atoms with Gasteiger partial charge < -0.3 is 5.11 Å². The van der Waals surface area contributed by atoms with Crippen LogP contribution in [0, 0.1) is 0 Å². The van der Waals surface area contributed by atoms with Gasteiger partial charge in [0.05, 0.1) is 17.0 Å². The van der Waals surface area contributed by atoms with Gasteiger partial charge in [0.25, 0.3) is 0 Å². The van der Waals surface area contributed by atoms with Gasteiger partial charge >= 0.3 is 12.1 Å². The van der Waals surface area contributed by atoms with E-state index in [0.717, 1.165) is 32.4 Å². The second kappa shape index (κ2) is 8.60. The predicted molar refractivity (Wildman–Crippen MR) is 97.6 cm³/mol. The van der Waals surface area contributed by atoms with Gasteiger partial charge in [0, 0.05) is 31.9 Å². The standard InChI is InChI=1S/C15H24N4O2S.C2HF3O2/c20-22(21,15-4-5-15)17-9-7-14-11-18(12-2-1-3-12)10-13-6-8-16-19(13)14;3-2(4,5)1(6)7/h6,8,12,14-15,17H,1-5,7,9-11H2;(H,6,7). The third-order valence-electron chi connectivity index (χ3n) is 5.49. The monoisotopic (exact) mass is 438 g/mol. The molecular weight excluding hydrogens is 413 g/mol. The molecule has 2 fully saturated rings. The minimum atomic E-state index is -5.08. The molecule has 2 heterocycles. The van der Waals surface area contributed by atoms with Crippen molar-refractivity contribution < 1.29 is 31.5 Å². The molecule has 0 radical (unpaired) electrons. The van der Waals surface area contributed by atoms with Crippen molar-refractivity contribution in [3.05, 3.63) is 18.0 Å². The number of carboxylic acids is 1. The van der Waals surface area contributed by atoms with Crippen LogP contribution in [0.2, 0.25) is 0 Å². The number of carbonyl (C=O) groups is 1. The molecular formula is C17H25F3N4O4S. The molecule has 164 valence electrons. The smallest absolute Gasteiger partial charge is 0.475 e. The van der Waals surface area contributed by atoms with Crippen LogP contribution in [0.25, 0.3) is 0 Å². The van der Waals surface area contributed by atoms with E-state index in [2.05, 4.69) is 25.5 Å². The van der Waals surface area contributed by atoms with Gasteiger partial charge in [-0.1, -0.05) is 6.42 Å². The number of hydrogen-bond donors (Lipinski definition) is 2. The number of alkyl halides is 3. The molecule has 0 spiro atoms. The lowest BCUT2D eigenvalue weighted by atomic mass is 9.90. The number of halogens is 3. The highest BCUT2D eigenvalue weighted by molar-refractivity contribution is 7.90. The summed E-state index contributed by atoms with van der Waals surface area (Å²) < 4.78 is 60.4. The van der Waals surface area contributed by atoms with Crippen LogP contribution in [-0.4, -0.2) is 64.7 Å². The summed E-state index contributed by atoms with van der Waals surface area (Å²) in [6, 6.07) is 3.09. The Bertz CT molecular complexity index is 819. The molecule has 2 aliphatic carbocycles. The van der Waals surface area contributed by atoms with Gasteiger partial charge in [0.15, 0.2) is 0 Å². The lowest BCUT2D eigenvalue weighted by Crippen LogP contribution is -2.47. The number of rotatable bonds is 6. The molecule has 12 heteroatoms. The molecule has 1 aromatic heterocycles. The van der Waals surface area contributed by atoms with Crippen LogP contribution in [-0.2, 0) is 21.4 Å². The Morgan fingerprint density at radius 2 is 1.93 bits per heavy atom. The van der Waals surface area contributed by atoms with E-state index in [-0.39, 0.29) is 11.3 Å². The zero-order valence-electron chi connectivity index (χ0n) is 15.8. The summed E-state index contributed by atoms with van der Waals surface area (Å²) in [7, 11) is -3.07. The quantitative estimate of drug-likeness (QED) is 0.703. The highest BCUT2D eigenvalue weighted by Crippen LogP contribution is 2.32. The largest absolute Gasteiger partial charge is 0.490 e. The van der Waals surface area contributed by atoms with E-state index in [1.807, 2.05) is 6.20 Å². The summed E-state index contributed by atoms with van der Waals surface area (Å²) in [5, 5.41) is 11.4. The van der Waals surface area contributed by atoms with E-state index < -0.39 is 22.2 Å². The zero-order chi connectivity index (χ0) is 21.2. The molecule has 1 unspecified atom stereocenters. The van der Waals surface area contributed by atoms with Crippen molar-refractivity contribution in [3.8, 4) is 0 Å². The van der Waals surface area contributed by atoms with Gasteiger partial charge in [-0.15, -0.1) is 0 Å². The second-order valence-electron chi connectivity index (χ2n) is 7.67. The Labute approximate surface area is 167 Å². The fourth-order valence-corrected chi connectivity index (χ4v) is 4.92. The van der Waals surface area contributed by atoms with Crippen molar-refractivity contribution in [2.24, 2.45) is 0 Å². The van der Waals surface area contributed by atoms with Crippen LogP contribution in [0.4, 0.5) is 13.2 Å². The van der Waals surface area contributed by atoms with Gasteiger partial charge in [-0.3, -0.25) is 9.58 Å². The third kappa shape index (κ3) is 5.70. The second-order valence-corrected chi connectivity index (χ2v) is 9.71. The highest BCUT2D eigenvalue weighted by Gasteiger charge is 2.38. The Kier molecular flexibility index (Phi) is 6.54. The molecule has 1 atom stereocenters. The Morgan fingerprint density at radius 3 is 2.45 bits per heavy atom. The van der Waals surface area contributed by atoms with Crippen LogP contribution in [0.15, 0.2) is 12.3 Å². The van der Waals surface area contributed by atoms with Crippen LogP contribution < -0.4 is 4.72 Å². The van der Waals surface area contributed by atoms with Crippen LogP contribution >= 0.6 is 0 Å². The summed E-state index contributed by atoms with van der Waals surface area (Å²) in [4.78, 5) is 11.5. The Morgan fingerprint density at radius 1 is 1.28 bits per heavy atom. The SMILES string of the molecule is O=C(O)C(F)(F)F.O=S(=O)(NCCC1CN(C2CCC2)Cc2ccnn21)C1CC1. The molecule has 1 aromatic rings. The van der Waals surface area contributed by atoms with Gasteiger partial charge in [-0.2, -0.15) is 18.3 Å². The van der Waals surface area contributed by atoms with Crippen LogP contribution in [0.3, 0.4) is 0 Å². The van der Waals surface area contributed by atoms with E-state index in [0.29, 0.717) is 12.6 Å². The van der Waals surface area contributed by atoms with Crippen LogP contribution in [0.1, 0.15) is 50.3 Å². The molecule has 29 heavy (non-hydrogen) atoms. The predicted octanol–water partition coefficient (Wildman–Crippen LogP) is 1.90. The molecule has 2 N–H and O–H groups in total. The van der Waals surface area contributed by atoms with E-state index in [4.69, 9.17) is 9.90 Å². The van der Waals surface area contributed by atoms with Crippen molar-refractivity contribution in [2.75, 3.05) is 13.1 Å². The van der Waals surface area contributed by atoms with Crippen molar-refractivity contribution in [1.82, 2.24) is 19.4 Å². The molecule has 0 amide bonds.